The Labute approximate surface area is 162 Å². The van der Waals surface area contributed by atoms with E-state index in [2.05, 4.69) is 24.0 Å². The summed E-state index contributed by atoms with van der Waals surface area (Å²) in [7, 11) is 0. The number of nitrogens with zero attached hydrogens (tertiary/aromatic N) is 3. The molecule has 2 aromatic carbocycles. The van der Waals surface area contributed by atoms with Gasteiger partial charge in [-0.3, -0.25) is 9.69 Å². The van der Waals surface area contributed by atoms with Crippen LogP contribution < -0.4 is 4.90 Å². The van der Waals surface area contributed by atoms with Gasteiger partial charge < -0.3 is 0 Å². The molecule has 3 rings (SSSR count). The molecule has 27 heavy (non-hydrogen) atoms. The minimum Gasteiger partial charge on any atom is -0.286 e. The average Bonchev–Trinajstić information content (AvgIpc) is 3.11. The summed E-state index contributed by atoms with van der Waals surface area (Å²) in [5.74, 6) is -0.0540. The Morgan fingerprint density at radius 3 is 2.56 bits per heavy atom. The fourth-order valence-corrected chi connectivity index (χ4v) is 3.56. The zero-order valence-electron chi connectivity index (χ0n) is 15.6. The highest BCUT2D eigenvalue weighted by atomic mass is 32.1. The lowest BCUT2D eigenvalue weighted by Gasteiger charge is -2.21. The van der Waals surface area contributed by atoms with Crippen LogP contribution in [0.3, 0.4) is 0 Å². The van der Waals surface area contributed by atoms with Crippen LogP contribution in [0.1, 0.15) is 25.0 Å². The molecule has 0 spiro atoms. The van der Waals surface area contributed by atoms with E-state index in [1.165, 1.54) is 23.5 Å². The van der Waals surface area contributed by atoms with Crippen LogP contribution in [0.15, 0.2) is 48.5 Å². The molecule has 0 fully saturated rings. The predicted molar refractivity (Wildman–Crippen MR) is 107 cm³/mol. The smallest absolute Gasteiger partial charge is 0.233 e. The number of benzene rings is 2. The lowest BCUT2D eigenvalue weighted by molar-refractivity contribution is -0.118. The molecule has 0 saturated carbocycles. The summed E-state index contributed by atoms with van der Waals surface area (Å²) >= 11 is 1.30. The molecular formula is C21H22FN3OS. The maximum atomic E-state index is 13.5. The number of aryl methyl sites for hydroxylation is 1. The predicted octanol–water partition coefficient (Wildman–Crippen LogP) is 4.88. The molecule has 0 unspecified atom stereocenters. The summed E-state index contributed by atoms with van der Waals surface area (Å²) in [5, 5.41) is 9.51. The summed E-state index contributed by atoms with van der Waals surface area (Å²) in [6.07, 6.45) is 0.307. The number of amides is 1. The van der Waals surface area contributed by atoms with Gasteiger partial charge in [0.15, 0.2) is 0 Å². The van der Waals surface area contributed by atoms with E-state index in [4.69, 9.17) is 0 Å². The van der Waals surface area contributed by atoms with Crippen molar-refractivity contribution >= 4 is 22.4 Å². The first-order chi connectivity index (χ1) is 12.9. The van der Waals surface area contributed by atoms with Crippen LogP contribution in [-0.4, -0.2) is 22.6 Å². The number of carbonyl (C=O) groups is 1. The first kappa shape index (κ1) is 19.2. The summed E-state index contributed by atoms with van der Waals surface area (Å²) in [6.45, 7) is 6.69. The summed E-state index contributed by atoms with van der Waals surface area (Å²) in [5.41, 5.74) is 2.79. The monoisotopic (exact) mass is 383 g/mol. The van der Waals surface area contributed by atoms with Crippen LogP contribution >= 0.6 is 11.3 Å². The number of rotatable bonds is 6. The van der Waals surface area contributed by atoms with E-state index in [1.54, 1.807) is 17.0 Å². The van der Waals surface area contributed by atoms with E-state index in [-0.39, 0.29) is 17.6 Å². The highest BCUT2D eigenvalue weighted by Gasteiger charge is 2.22. The molecule has 0 saturated heterocycles. The van der Waals surface area contributed by atoms with Crippen LogP contribution in [-0.2, 0) is 11.2 Å². The SMILES string of the molecule is Cc1ccc(CC(=O)N(CC(C)C)c2nnc(-c3cccc(F)c3)s2)cc1. The number of aromatic nitrogens is 2. The lowest BCUT2D eigenvalue weighted by atomic mass is 10.1. The Hall–Kier alpha value is -2.60. The van der Waals surface area contributed by atoms with Crippen molar-refractivity contribution < 1.29 is 9.18 Å². The van der Waals surface area contributed by atoms with Crippen molar-refractivity contribution in [2.45, 2.75) is 27.2 Å². The molecule has 0 N–H and O–H groups in total. The van der Waals surface area contributed by atoms with Gasteiger partial charge in [0.25, 0.3) is 0 Å². The van der Waals surface area contributed by atoms with Gasteiger partial charge in [0.05, 0.1) is 6.42 Å². The largest absolute Gasteiger partial charge is 0.286 e. The van der Waals surface area contributed by atoms with Crippen molar-refractivity contribution in [3.63, 3.8) is 0 Å². The summed E-state index contributed by atoms with van der Waals surface area (Å²) in [6, 6.07) is 14.2. The van der Waals surface area contributed by atoms with E-state index in [1.807, 2.05) is 31.2 Å². The third-order valence-electron chi connectivity index (χ3n) is 4.04. The zero-order valence-corrected chi connectivity index (χ0v) is 16.5. The number of halogens is 1. The van der Waals surface area contributed by atoms with Gasteiger partial charge in [0, 0.05) is 12.1 Å². The fourth-order valence-electron chi connectivity index (χ4n) is 2.69. The summed E-state index contributed by atoms with van der Waals surface area (Å²) < 4.78 is 13.5. The van der Waals surface area contributed by atoms with E-state index < -0.39 is 0 Å². The molecule has 0 aliphatic carbocycles. The first-order valence-electron chi connectivity index (χ1n) is 8.87. The van der Waals surface area contributed by atoms with Gasteiger partial charge in [0.2, 0.25) is 11.0 Å². The topological polar surface area (TPSA) is 46.1 Å². The highest BCUT2D eigenvalue weighted by molar-refractivity contribution is 7.18. The van der Waals surface area contributed by atoms with E-state index >= 15 is 0 Å². The van der Waals surface area contributed by atoms with Gasteiger partial charge in [-0.15, -0.1) is 10.2 Å². The minimum absolute atomic E-state index is 0.0190. The Morgan fingerprint density at radius 1 is 1.15 bits per heavy atom. The number of carbonyl (C=O) groups excluding carboxylic acids is 1. The second-order valence-electron chi connectivity index (χ2n) is 6.96. The Balaban J connectivity index is 1.84. The molecule has 1 amide bonds. The molecule has 4 nitrogen and oxygen atoms in total. The quantitative estimate of drug-likeness (QED) is 0.609. The molecule has 0 radical (unpaired) electrons. The normalized spacial score (nSPS) is 11.0. The van der Waals surface area contributed by atoms with Gasteiger partial charge in [-0.2, -0.15) is 0 Å². The molecule has 0 bridgehead atoms. The maximum absolute atomic E-state index is 13.5. The van der Waals surface area contributed by atoms with Crippen LogP contribution in [0.5, 0.6) is 0 Å². The van der Waals surface area contributed by atoms with E-state index in [0.29, 0.717) is 28.7 Å². The van der Waals surface area contributed by atoms with Crippen LogP contribution in [0.4, 0.5) is 9.52 Å². The molecule has 0 aliphatic heterocycles. The molecule has 0 aliphatic rings. The van der Waals surface area contributed by atoms with Gasteiger partial charge in [-0.05, 0) is 30.5 Å². The lowest BCUT2D eigenvalue weighted by Crippen LogP contribution is -2.35. The zero-order chi connectivity index (χ0) is 19.4. The molecule has 0 atom stereocenters. The minimum atomic E-state index is -0.321. The first-order valence-corrected chi connectivity index (χ1v) is 9.69. The van der Waals surface area contributed by atoms with Crippen molar-refractivity contribution in [3.8, 4) is 10.6 Å². The van der Waals surface area contributed by atoms with Crippen molar-refractivity contribution in [2.75, 3.05) is 11.4 Å². The maximum Gasteiger partial charge on any atom is 0.233 e. The van der Waals surface area contributed by atoms with Crippen molar-refractivity contribution in [1.82, 2.24) is 10.2 Å². The van der Waals surface area contributed by atoms with Gasteiger partial charge in [-0.1, -0.05) is 67.1 Å². The van der Waals surface area contributed by atoms with Gasteiger partial charge in [-0.25, -0.2) is 4.39 Å². The second-order valence-corrected chi connectivity index (χ2v) is 7.92. The molecule has 140 valence electrons. The van der Waals surface area contributed by atoms with Gasteiger partial charge in [0.1, 0.15) is 10.8 Å². The summed E-state index contributed by atoms with van der Waals surface area (Å²) in [4.78, 5) is 14.6. The Bertz CT molecular complexity index is 921. The second kappa shape index (κ2) is 8.39. The highest BCUT2D eigenvalue weighted by Crippen LogP contribution is 2.30. The van der Waals surface area contributed by atoms with Crippen molar-refractivity contribution in [1.29, 1.82) is 0 Å². The molecule has 3 aromatic rings. The molecule has 1 aromatic heterocycles. The number of hydrogen-bond acceptors (Lipinski definition) is 4. The Morgan fingerprint density at radius 2 is 1.89 bits per heavy atom. The Kier molecular flexibility index (Phi) is 5.96. The van der Waals surface area contributed by atoms with Gasteiger partial charge >= 0.3 is 0 Å². The number of hydrogen-bond donors (Lipinski definition) is 0. The third kappa shape index (κ3) is 4.98. The van der Waals surface area contributed by atoms with Crippen LogP contribution in [0.25, 0.3) is 10.6 Å². The van der Waals surface area contributed by atoms with E-state index in [9.17, 15) is 9.18 Å². The third-order valence-corrected chi connectivity index (χ3v) is 5.04. The molecule has 6 heteroatoms. The van der Waals surface area contributed by atoms with E-state index in [0.717, 1.165) is 11.1 Å². The fraction of sp³-hybridized carbons (Fsp3) is 0.286. The molecular weight excluding hydrogens is 361 g/mol. The number of anilines is 1. The van der Waals surface area contributed by atoms with Crippen molar-refractivity contribution in [3.05, 3.63) is 65.5 Å². The van der Waals surface area contributed by atoms with Crippen LogP contribution in [0.2, 0.25) is 0 Å². The average molecular weight is 383 g/mol. The van der Waals surface area contributed by atoms with Crippen LogP contribution in [0, 0.1) is 18.7 Å². The van der Waals surface area contributed by atoms with Crippen molar-refractivity contribution in [2.24, 2.45) is 5.92 Å². The standard InChI is InChI=1S/C21H22FN3OS/c1-14(2)13-25(19(26)11-16-9-7-15(3)8-10-16)21-24-23-20(27-21)17-5-4-6-18(22)12-17/h4-10,12,14H,11,13H2,1-3H3. The molecule has 1 heterocycles.